The van der Waals surface area contributed by atoms with Crippen molar-refractivity contribution in [3.8, 4) is 5.75 Å². The van der Waals surface area contributed by atoms with Crippen LogP contribution in [-0.2, 0) is 42.9 Å². The summed E-state index contributed by atoms with van der Waals surface area (Å²) in [5.41, 5.74) is -0.646. The molecule has 9 heteroatoms. The lowest BCUT2D eigenvalue weighted by Crippen LogP contribution is -2.57. The van der Waals surface area contributed by atoms with Gasteiger partial charge >= 0.3 is 5.97 Å². The Morgan fingerprint density at radius 3 is 2.23 bits per heavy atom. The summed E-state index contributed by atoms with van der Waals surface area (Å²) >= 11 is 0. The van der Waals surface area contributed by atoms with Crippen LogP contribution in [0.2, 0.25) is 0 Å². The van der Waals surface area contributed by atoms with Gasteiger partial charge in [-0.1, -0.05) is 66.7 Å². The lowest BCUT2D eigenvalue weighted by atomic mass is 9.76. The Morgan fingerprint density at radius 2 is 1.64 bits per heavy atom. The summed E-state index contributed by atoms with van der Waals surface area (Å²) in [6.45, 7) is 3.39. The Balaban J connectivity index is 2.10. The minimum Gasteiger partial charge on any atom is -0.497 e. The van der Waals surface area contributed by atoms with Gasteiger partial charge in [0.15, 0.2) is 0 Å². The molecular weight excluding hydrogens is 521 g/mol. The number of ether oxygens (including phenoxy) is 3. The Kier molecular flexibility index (Phi) is 10.4. The Morgan fingerprint density at radius 1 is 1.00 bits per heavy atom. The molecule has 39 heavy (non-hydrogen) atoms. The molecule has 0 amide bonds. The molecule has 7 nitrogen and oxygen atoms in total. The van der Waals surface area contributed by atoms with Gasteiger partial charge in [0, 0.05) is 19.2 Å². The van der Waals surface area contributed by atoms with Crippen molar-refractivity contribution in [1.29, 1.82) is 0 Å². The first-order valence-corrected chi connectivity index (χ1v) is 13.8. The minimum absolute atomic E-state index is 0.0133. The predicted octanol–water partition coefficient (Wildman–Crippen LogP) is 4.87. The standard InChI is InChI=1S/C30H34FNO6S/c1-5-11-28(39(34,35)32(2)20-23-16-18-25(36-3)19-17-23)30(29(33)37-4,26-14-9-10-15-27(26)31)22-38-21-24-12-7-6-8-13-24/h5-10,12-19,28H,1,11,20-22H2,2-4H3. The third-order valence-electron chi connectivity index (χ3n) is 6.63. The molecule has 3 aromatic rings. The summed E-state index contributed by atoms with van der Waals surface area (Å²) in [6, 6.07) is 21.8. The topological polar surface area (TPSA) is 82.1 Å². The lowest BCUT2D eigenvalue weighted by molar-refractivity contribution is -0.151. The number of rotatable bonds is 14. The van der Waals surface area contributed by atoms with Crippen molar-refractivity contribution in [2.45, 2.75) is 30.2 Å². The van der Waals surface area contributed by atoms with Crippen LogP contribution in [0.5, 0.6) is 5.75 Å². The molecule has 0 saturated heterocycles. The molecule has 3 rings (SSSR count). The van der Waals surface area contributed by atoms with Crippen molar-refractivity contribution >= 4 is 16.0 Å². The number of sulfonamides is 1. The molecule has 0 aromatic heterocycles. The predicted molar refractivity (Wildman–Crippen MR) is 148 cm³/mol. The normalized spacial score (nSPS) is 13.9. The fourth-order valence-corrected chi connectivity index (χ4v) is 6.52. The third kappa shape index (κ3) is 6.73. The highest BCUT2D eigenvalue weighted by atomic mass is 32.2. The molecule has 0 spiro atoms. The van der Waals surface area contributed by atoms with Crippen LogP contribution in [-0.4, -0.2) is 51.8 Å². The van der Waals surface area contributed by atoms with E-state index in [1.807, 2.05) is 30.3 Å². The van der Waals surface area contributed by atoms with Gasteiger partial charge in [-0.05, 0) is 35.7 Å². The molecule has 3 aromatic carbocycles. The Bertz CT molecular complexity index is 1350. The molecule has 2 atom stereocenters. The highest BCUT2D eigenvalue weighted by molar-refractivity contribution is 7.89. The van der Waals surface area contributed by atoms with Gasteiger partial charge < -0.3 is 14.2 Å². The maximum absolute atomic E-state index is 15.4. The molecule has 0 N–H and O–H groups in total. The van der Waals surface area contributed by atoms with E-state index in [9.17, 15) is 13.2 Å². The molecule has 208 valence electrons. The van der Waals surface area contributed by atoms with Crippen LogP contribution in [0.1, 0.15) is 23.1 Å². The van der Waals surface area contributed by atoms with E-state index in [1.54, 1.807) is 37.4 Å². The maximum Gasteiger partial charge on any atom is 0.320 e. The van der Waals surface area contributed by atoms with Crippen LogP contribution in [0.25, 0.3) is 0 Å². The van der Waals surface area contributed by atoms with Crippen LogP contribution >= 0.6 is 0 Å². The second kappa shape index (κ2) is 13.5. The van der Waals surface area contributed by atoms with E-state index in [-0.39, 0.29) is 25.1 Å². The lowest BCUT2D eigenvalue weighted by Gasteiger charge is -2.39. The SMILES string of the molecule is C=CCC(C(COCc1ccccc1)(C(=O)OC)c1ccccc1F)S(=O)(=O)N(C)Cc1ccc(OC)cc1. The zero-order valence-electron chi connectivity index (χ0n) is 22.4. The number of allylic oxidation sites excluding steroid dienone is 1. The number of hydrogen-bond donors (Lipinski definition) is 0. The molecule has 0 aliphatic rings. The van der Waals surface area contributed by atoms with Crippen molar-refractivity contribution in [2.24, 2.45) is 0 Å². The summed E-state index contributed by atoms with van der Waals surface area (Å²) in [5.74, 6) is -1.03. The van der Waals surface area contributed by atoms with E-state index >= 15 is 4.39 Å². The molecule has 0 aliphatic carbocycles. The van der Waals surface area contributed by atoms with Gasteiger partial charge in [-0.3, -0.25) is 4.79 Å². The monoisotopic (exact) mass is 555 g/mol. The van der Waals surface area contributed by atoms with Crippen LogP contribution in [0.4, 0.5) is 4.39 Å². The van der Waals surface area contributed by atoms with E-state index in [2.05, 4.69) is 6.58 Å². The molecule has 0 radical (unpaired) electrons. The van der Waals surface area contributed by atoms with Gasteiger partial charge in [0.2, 0.25) is 10.0 Å². The molecule has 0 bridgehead atoms. The van der Waals surface area contributed by atoms with E-state index in [1.165, 1.54) is 31.3 Å². The highest BCUT2D eigenvalue weighted by Crippen LogP contribution is 2.39. The van der Waals surface area contributed by atoms with Crippen molar-refractivity contribution < 1.29 is 31.8 Å². The summed E-state index contributed by atoms with van der Waals surface area (Å²) in [4.78, 5) is 13.6. The number of esters is 1. The van der Waals surface area contributed by atoms with Gasteiger partial charge in [-0.2, -0.15) is 0 Å². The summed E-state index contributed by atoms with van der Waals surface area (Å²) in [6.07, 6.45) is 1.24. The van der Waals surface area contributed by atoms with Crippen LogP contribution in [0.3, 0.4) is 0 Å². The zero-order chi connectivity index (χ0) is 28.5. The second-order valence-electron chi connectivity index (χ2n) is 9.08. The van der Waals surface area contributed by atoms with E-state index in [0.717, 1.165) is 17.0 Å². The van der Waals surface area contributed by atoms with Gasteiger partial charge in [0.1, 0.15) is 22.2 Å². The van der Waals surface area contributed by atoms with Crippen LogP contribution in [0.15, 0.2) is 91.5 Å². The number of nitrogens with zero attached hydrogens (tertiary/aromatic N) is 1. The Labute approximate surface area is 229 Å². The van der Waals surface area contributed by atoms with Crippen LogP contribution < -0.4 is 4.74 Å². The van der Waals surface area contributed by atoms with E-state index in [4.69, 9.17) is 14.2 Å². The number of methoxy groups -OCH3 is 2. The number of benzene rings is 3. The largest absolute Gasteiger partial charge is 0.497 e. The number of carbonyl (C=O) groups is 1. The number of halogens is 1. The molecule has 0 heterocycles. The molecule has 0 fully saturated rings. The molecule has 0 aliphatic heterocycles. The van der Waals surface area contributed by atoms with Gasteiger partial charge in [0.25, 0.3) is 0 Å². The maximum atomic E-state index is 15.4. The van der Waals surface area contributed by atoms with E-state index < -0.39 is 39.1 Å². The molecule has 2 unspecified atom stereocenters. The fraction of sp³-hybridized carbons (Fsp3) is 0.300. The number of carbonyl (C=O) groups excluding carboxylic acids is 1. The van der Waals surface area contributed by atoms with Crippen molar-refractivity contribution in [1.82, 2.24) is 4.31 Å². The van der Waals surface area contributed by atoms with Gasteiger partial charge in [-0.15, -0.1) is 6.58 Å². The average molecular weight is 556 g/mol. The van der Waals surface area contributed by atoms with Gasteiger partial charge in [-0.25, -0.2) is 17.1 Å². The molecule has 0 saturated carbocycles. The van der Waals surface area contributed by atoms with Crippen molar-refractivity contribution in [2.75, 3.05) is 27.9 Å². The quantitative estimate of drug-likeness (QED) is 0.209. The highest BCUT2D eigenvalue weighted by Gasteiger charge is 2.56. The van der Waals surface area contributed by atoms with Crippen molar-refractivity contribution in [3.63, 3.8) is 0 Å². The fourth-order valence-electron chi connectivity index (χ4n) is 4.58. The molecular formula is C30H34FNO6S. The first-order valence-electron chi connectivity index (χ1n) is 12.3. The first kappa shape index (κ1) is 30.0. The third-order valence-corrected chi connectivity index (χ3v) is 8.95. The van der Waals surface area contributed by atoms with Gasteiger partial charge in [0.05, 0.1) is 27.4 Å². The van der Waals surface area contributed by atoms with Crippen molar-refractivity contribution in [3.05, 3.63) is 114 Å². The summed E-state index contributed by atoms with van der Waals surface area (Å²) in [5, 5.41) is -1.48. The zero-order valence-corrected chi connectivity index (χ0v) is 23.2. The second-order valence-corrected chi connectivity index (χ2v) is 11.3. The number of hydrogen-bond acceptors (Lipinski definition) is 6. The van der Waals surface area contributed by atoms with Crippen LogP contribution in [0, 0.1) is 5.82 Å². The summed E-state index contributed by atoms with van der Waals surface area (Å²) < 4.78 is 61.3. The minimum atomic E-state index is -4.27. The van der Waals surface area contributed by atoms with E-state index in [0.29, 0.717) is 11.3 Å². The average Bonchev–Trinajstić information content (AvgIpc) is 2.95. The first-order chi connectivity index (χ1) is 18.7. The Hall–Kier alpha value is -3.53. The smallest absolute Gasteiger partial charge is 0.320 e. The summed E-state index contributed by atoms with van der Waals surface area (Å²) in [7, 11) is -0.157.